The Bertz CT molecular complexity index is 285. The van der Waals surface area contributed by atoms with Gasteiger partial charge in [-0.15, -0.1) is 0 Å². The molecule has 0 aromatic carbocycles. The Morgan fingerprint density at radius 3 is 2.13 bits per heavy atom. The lowest BCUT2D eigenvalue weighted by molar-refractivity contribution is 0.264. The third kappa shape index (κ3) is 4.68. The number of nitrogens with zero attached hydrogens (tertiary/aromatic N) is 1. The fourth-order valence-corrected chi connectivity index (χ4v) is 2.28. The Morgan fingerprint density at radius 2 is 1.87 bits per heavy atom. The molecule has 0 heterocycles. The maximum atomic E-state index is 11.5. The molecule has 0 aromatic rings. The number of hydrogen-bond acceptors (Lipinski definition) is 3. The molecule has 0 rings (SSSR count). The highest BCUT2D eigenvalue weighted by Gasteiger charge is 2.28. The zero-order valence-electron chi connectivity index (χ0n) is 10.0. The Hall–Kier alpha value is 0.160. The highest BCUT2D eigenvalue weighted by molar-refractivity contribution is 7.89. The molecule has 0 aliphatic rings. The van der Waals surface area contributed by atoms with Crippen molar-refractivity contribution in [2.75, 3.05) is 19.3 Å². The molecule has 0 saturated heterocycles. The van der Waals surface area contributed by atoms with Gasteiger partial charge in [0.25, 0.3) is 0 Å². The lowest BCUT2D eigenvalue weighted by Gasteiger charge is -2.32. The molecule has 0 unspecified atom stereocenters. The van der Waals surface area contributed by atoms with Crippen LogP contribution in [0.25, 0.3) is 0 Å². The first kappa shape index (κ1) is 15.2. The van der Waals surface area contributed by atoms with Gasteiger partial charge in [0, 0.05) is 19.6 Å². The Labute approximate surface area is 98.1 Å². The summed E-state index contributed by atoms with van der Waals surface area (Å²) in [6.45, 7) is 8.05. The third-order valence-electron chi connectivity index (χ3n) is 2.46. The van der Waals surface area contributed by atoms with Gasteiger partial charge < -0.3 is 0 Å². The van der Waals surface area contributed by atoms with Crippen LogP contribution in [-0.4, -0.2) is 38.1 Å². The molecule has 1 N–H and O–H groups in total. The van der Waals surface area contributed by atoms with Crippen molar-refractivity contribution in [3.05, 3.63) is 0 Å². The minimum Gasteiger partial charge on any atom is -0.229 e. The highest BCUT2D eigenvalue weighted by atomic mass is 35.5. The van der Waals surface area contributed by atoms with Gasteiger partial charge in [0.2, 0.25) is 10.0 Å². The average molecular weight is 257 g/mol. The van der Waals surface area contributed by atoms with Crippen LogP contribution in [0.15, 0.2) is 0 Å². The van der Waals surface area contributed by atoms with E-state index in [0.717, 1.165) is 0 Å². The average Bonchev–Trinajstić information content (AvgIpc) is 2.11. The molecule has 0 amide bonds. The van der Waals surface area contributed by atoms with Crippen LogP contribution >= 0.6 is 11.8 Å². The number of sulfonamides is 1. The molecule has 4 nitrogen and oxygen atoms in total. The molecule has 0 aliphatic heterocycles. The van der Waals surface area contributed by atoms with Gasteiger partial charge >= 0.3 is 0 Å². The van der Waals surface area contributed by atoms with Gasteiger partial charge in [-0.3, -0.25) is 0 Å². The summed E-state index contributed by atoms with van der Waals surface area (Å²) in [5.74, 6) is 0.114. The molecular weight excluding hydrogens is 236 g/mol. The van der Waals surface area contributed by atoms with E-state index >= 15 is 0 Å². The largest absolute Gasteiger partial charge is 0.229 e. The van der Waals surface area contributed by atoms with E-state index in [4.69, 9.17) is 11.8 Å². The summed E-state index contributed by atoms with van der Waals surface area (Å²) < 4.78 is 24.4. The summed E-state index contributed by atoms with van der Waals surface area (Å²) >= 11 is 5.62. The van der Waals surface area contributed by atoms with Crippen LogP contribution in [0.1, 0.15) is 27.7 Å². The van der Waals surface area contributed by atoms with Crippen LogP contribution in [0, 0.1) is 5.41 Å². The Morgan fingerprint density at radius 1 is 1.40 bits per heavy atom. The van der Waals surface area contributed by atoms with Crippen molar-refractivity contribution in [1.29, 1.82) is 0 Å². The van der Waals surface area contributed by atoms with E-state index < -0.39 is 10.0 Å². The van der Waals surface area contributed by atoms with Gasteiger partial charge in [-0.1, -0.05) is 20.8 Å². The van der Waals surface area contributed by atoms with Gasteiger partial charge in [0.05, 0.1) is 5.75 Å². The first-order valence-electron chi connectivity index (χ1n) is 4.95. The molecule has 0 fully saturated rings. The van der Waals surface area contributed by atoms with Crippen molar-refractivity contribution in [3.63, 3.8) is 0 Å². The zero-order chi connectivity index (χ0) is 12.3. The van der Waals surface area contributed by atoms with E-state index in [-0.39, 0.29) is 17.2 Å². The second-order valence-corrected chi connectivity index (χ2v) is 7.29. The first-order chi connectivity index (χ1) is 6.65. The summed E-state index contributed by atoms with van der Waals surface area (Å²) in [6.07, 6.45) is 0. The number of hydrogen-bond donors (Lipinski definition) is 1. The molecular formula is C9H21ClN2O2S. The van der Waals surface area contributed by atoms with E-state index in [1.807, 2.05) is 20.8 Å². The quantitative estimate of drug-likeness (QED) is 0.757. The summed E-state index contributed by atoms with van der Waals surface area (Å²) in [5, 5.41) is 0. The fourth-order valence-electron chi connectivity index (χ4n) is 1.06. The van der Waals surface area contributed by atoms with Crippen molar-refractivity contribution in [2.24, 2.45) is 5.41 Å². The van der Waals surface area contributed by atoms with E-state index in [9.17, 15) is 8.42 Å². The summed E-state index contributed by atoms with van der Waals surface area (Å²) in [5.41, 5.74) is -0.0841. The van der Waals surface area contributed by atoms with Crippen LogP contribution in [0.5, 0.6) is 0 Å². The van der Waals surface area contributed by atoms with Crippen LogP contribution in [0.3, 0.4) is 0 Å². The van der Waals surface area contributed by atoms with Crippen molar-refractivity contribution >= 4 is 21.8 Å². The Kier molecular flexibility index (Phi) is 5.54. The smallest absolute Gasteiger partial charge is 0.213 e. The van der Waals surface area contributed by atoms with E-state index in [1.54, 1.807) is 14.0 Å². The molecule has 92 valence electrons. The molecule has 0 saturated carbocycles. The molecule has 0 bridgehead atoms. The number of halogens is 1. The molecule has 15 heavy (non-hydrogen) atoms. The standard InChI is InChI=1S/C9H21ClN2O2S/c1-6-15(13,14)12(5)7-8(11-10)9(2,3)4/h8,11H,6-7H2,1-5H3/t8-/m1/s1. The minimum absolute atomic E-state index is 0.0782. The van der Waals surface area contributed by atoms with Crippen LogP contribution < -0.4 is 4.84 Å². The SMILES string of the molecule is CCS(=O)(=O)N(C)C[C@@H](NCl)C(C)(C)C. The van der Waals surface area contributed by atoms with Crippen LogP contribution in [-0.2, 0) is 10.0 Å². The zero-order valence-corrected chi connectivity index (χ0v) is 11.6. The number of nitrogens with one attached hydrogen (secondary N) is 1. The summed E-state index contributed by atoms with van der Waals surface area (Å²) in [7, 11) is -1.55. The predicted octanol–water partition coefficient (Wildman–Crippen LogP) is 1.43. The lowest BCUT2D eigenvalue weighted by atomic mass is 9.87. The van der Waals surface area contributed by atoms with E-state index in [1.165, 1.54) is 4.31 Å². The van der Waals surface area contributed by atoms with Crippen molar-refractivity contribution in [1.82, 2.24) is 9.14 Å². The van der Waals surface area contributed by atoms with E-state index in [0.29, 0.717) is 6.54 Å². The normalized spacial score (nSPS) is 15.7. The third-order valence-corrected chi connectivity index (χ3v) is 4.55. The first-order valence-corrected chi connectivity index (χ1v) is 6.94. The topological polar surface area (TPSA) is 49.4 Å². The van der Waals surface area contributed by atoms with Crippen molar-refractivity contribution in [3.8, 4) is 0 Å². The van der Waals surface area contributed by atoms with E-state index in [2.05, 4.69) is 4.84 Å². The molecule has 0 spiro atoms. The molecule has 1 atom stereocenters. The highest BCUT2D eigenvalue weighted by Crippen LogP contribution is 2.21. The maximum absolute atomic E-state index is 11.5. The second-order valence-electron chi connectivity index (χ2n) is 4.71. The lowest BCUT2D eigenvalue weighted by Crippen LogP contribution is -2.46. The van der Waals surface area contributed by atoms with Crippen molar-refractivity contribution in [2.45, 2.75) is 33.7 Å². The second kappa shape index (κ2) is 5.48. The summed E-state index contributed by atoms with van der Waals surface area (Å²) in [6, 6.07) is -0.0782. The maximum Gasteiger partial charge on any atom is 0.213 e. The molecule has 0 radical (unpaired) electrons. The number of likely N-dealkylation sites (N-methyl/N-ethyl adjacent to an activating group) is 1. The van der Waals surface area contributed by atoms with Gasteiger partial charge in [0.1, 0.15) is 0 Å². The molecule has 0 aromatic heterocycles. The van der Waals surface area contributed by atoms with Gasteiger partial charge in [-0.25, -0.2) is 17.6 Å². The van der Waals surface area contributed by atoms with Gasteiger partial charge in [-0.05, 0) is 24.1 Å². The van der Waals surface area contributed by atoms with Crippen LogP contribution in [0.4, 0.5) is 0 Å². The fraction of sp³-hybridized carbons (Fsp3) is 1.00. The summed E-state index contributed by atoms with van der Waals surface area (Å²) in [4.78, 5) is 2.64. The predicted molar refractivity (Wildman–Crippen MR) is 64.3 cm³/mol. The number of rotatable bonds is 5. The molecule has 6 heteroatoms. The van der Waals surface area contributed by atoms with Gasteiger partial charge in [0.15, 0.2) is 0 Å². The minimum atomic E-state index is -3.13. The monoisotopic (exact) mass is 256 g/mol. The molecule has 0 aliphatic carbocycles. The van der Waals surface area contributed by atoms with Crippen LogP contribution in [0.2, 0.25) is 0 Å². The van der Waals surface area contributed by atoms with Gasteiger partial charge in [-0.2, -0.15) is 0 Å². The Balaban J connectivity index is 4.59. The van der Waals surface area contributed by atoms with Crippen molar-refractivity contribution < 1.29 is 8.42 Å².